The standard InChI is InChI=1S/C12H14ClF3N2O2/c1-18(2)11-8(13)4-3-5-9(11)17-10(19)6-20-7-12(14,15)16/h3-5H,6-7H2,1-2H3,(H,17,19). The lowest BCUT2D eigenvalue weighted by atomic mass is 10.2. The van der Waals surface area contributed by atoms with Crippen molar-refractivity contribution < 1.29 is 22.7 Å². The van der Waals surface area contributed by atoms with Gasteiger partial charge in [-0.15, -0.1) is 0 Å². The number of benzene rings is 1. The molecule has 20 heavy (non-hydrogen) atoms. The van der Waals surface area contributed by atoms with Gasteiger partial charge in [0.1, 0.15) is 13.2 Å². The Hall–Kier alpha value is -1.47. The first-order valence-corrected chi connectivity index (χ1v) is 5.98. The smallest absolute Gasteiger partial charge is 0.375 e. The molecule has 1 amide bonds. The highest BCUT2D eigenvalue weighted by atomic mass is 35.5. The maximum atomic E-state index is 11.9. The second-order valence-corrected chi connectivity index (χ2v) is 4.59. The Balaban J connectivity index is 2.65. The SMILES string of the molecule is CN(C)c1c(Cl)cccc1NC(=O)COCC(F)(F)F. The maximum Gasteiger partial charge on any atom is 0.411 e. The van der Waals surface area contributed by atoms with E-state index in [1.165, 1.54) is 0 Å². The number of rotatable bonds is 5. The number of anilines is 2. The molecule has 1 aromatic carbocycles. The third kappa shape index (κ3) is 5.26. The van der Waals surface area contributed by atoms with E-state index in [1.54, 1.807) is 37.2 Å². The average molecular weight is 311 g/mol. The van der Waals surface area contributed by atoms with Crippen LogP contribution in [0, 0.1) is 0 Å². The highest BCUT2D eigenvalue weighted by Crippen LogP contribution is 2.32. The first-order chi connectivity index (χ1) is 9.20. The van der Waals surface area contributed by atoms with Gasteiger partial charge in [-0.1, -0.05) is 17.7 Å². The largest absolute Gasteiger partial charge is 0.411 e. The summed E-state index contributed by atoms with van der Waals surface area (Å²) < 4.78 is 39.9. The van der Waals surface area contributed by atoms with E-state index in [2.05, 4.69) is 10.1 Å². The van der Waals surface area contributed by atoms with Gasteiger partial charge in [0.05, 0.1) is 16.4 Å². The molecule has 0 aliphatic carbocycles. The number of ether oxygens (including phenoxy) is 1. The number of nitrogens with one attached hydrogen (secondary N) is 1. The molecule has 1 aromatic rings. The molecule has 0 fully saturated rings. The van der Waals surface area contributed by atoms with Gasteiger partial charge in [-0.3, -0.25) is 4.79 Å². The molecule has 112 valence electrons. The summed E-state index contributed by atoms with van der Waals surface area (Å²) in [7, 11) is 3.47. The van der Waals surface area contributed by atoms with Crippen molar-refractivity contribution in [2.24, 2.45) is 0 Å². The summed E-state index contributed by atoms with van der Waals surface area (Å²) in [5, 5.41) is 2.88. The number of hydrogen-bond donors (Lipinski definition) is 1. The zero-order valence-corrected chi connectivity index (χ0v) is 11.7. The van der Waals surface area contributed by atoms with Gasteiger partial charge in [0.2, 0.25) is 5.91 Å². The lowest BCUT2D eigenvalue weighted by Crippen LogP contribution is -2.24. The lowest BCUT2D eigenvalue weighted by Gasteiger charge is -2.19. The van der Waals surface area contributed by atoms with Gasteiger partial charge >= 0.3 is 6.18 Å². The lowest BCUT2D eigenvalue weighted by molar-refractivity contribution is -0.174. The molecule has 4 nitrogen and oxygen atoms in total. The number of amides is 1. The van der Waals surface area contributed by atoms with E-state index in [1.807, 2.05) is 0 Å². The molecular weight excluding hydrogens is 297 g/mol. The van der Waals surface area contributed by atoms with E-state index in [4.69, 9.17) is 11.6 Å². The Morgan fingerprint density at radius 1 is 1.40 bits per heavy atom. The molecule has 0 atom stereocenters. The number of carbonyl (C=O) groups excluding carboxylic acids is 1. The zero-order valence-electron chi connectivity index (χ0n) is 10.9. The van der Waals surface area contributed by atoms with Crippen LogP contribution in [-0.2, 0) is 9.53 Å². The van der Waals surface area contributed by atoms with Crippen LogP contribution in [0.1, 0.15) is 0 Å². The first kappa shape index (κ1) is 16.6. The number of para-hydroxylation sites is 1. The molecule has 0 saturated heterocycles. The number of halogens is 4. The molecule has 0 radical (unpaired) electrons. The van der Waals surface area contributed by atoms with Gasteiger partial charge in [-0.25, -0.2) is 0 Å². The highest BCUT2D eigenvalue weighted by Gasteiger charge is 2.27. The number of alkyl halides is 3. The van der Waals surface area contributed by atoms with Crippen LogP contribution in [0.15, 0.2) is 18.2 Å². The second-order valence-electron chi connectivity index (χ2n) is 4.19. The van der Waals surface area contributed by atoms with Crippen LogP contribution in [0.3, 0.4) is 0 Å². The fourth-order valence-corrected chi connectivity index (χ4v) is 1.86. The zero-order chi connectivity index (χ0) is 15.3. The van der Waals surface area contributed by atoms with Gasteiger partial charge in [0, 0.05) is 14.1 Å². The Kier molecular flexibility index (Phi) is 5.64. The highest BCUT2D eigenvalue weighted by molar-refractivity contribution is 6.34. The summed E-state index contributed by atoms with van der Waals surface area (Å²) >= 11 is 6.00. The molecule has 0 heterocycles. The van der Waals surface area contributed by atoms with E-state index in [0.29, 0.717) is 16.4 Å². The van der Waals surface area contributed by atoms with Gasteiger partial charge in [-0.2, -0.15) is 13.2 Å². The van der Waals surface area contributed by atoms with E-state index in [0.717, 1.165) is 0 Å². The van der Waals surface area contributed by atoms with Crippen molar-refractivity contribution in [3.05, 3.63) is 23.2 Å². The molecule has 8 heteroatoms. The minimum atomic E-state index is -4.45. The Morgan fingerprint density at radius 2 is 2.05 bits per heavy atom. The van der Waals surface area contributed by atoms with Crippen LogP contribution in [0.2, 0.25) is 5.02 Å². The van der Waals surface area contributed by atoms with Crippen LogP contribution in [-0.4, -0.2) is 39.4 Å². The average Bonchev–Trinajstić information content (AvgIpc) is 2.26. The predicted octanol–water partition coefficient (Wildman–Crippen LogP) is 2.92. The quantitative estimate of drug-likeness (QED) is 0.909. The molecule has 1 N–H and O–H groups in total. The van der Waals surface area contributed by atoms with E-state index < -0.39 is 25.3 Å². The number of carbonyl (C=O) groups is 1. The van der Waals surface area contributed by atoms with Crippen molar-refractivity contribution in [1.29, 1.82) is 0 Å². The monoisotopic (exact) mass is 310 g/mol. The number of hydrogen-bond acceptors (Lipinski definition) is 3. The fraction of sp³-hybridized carbons (Fsp3) is 0.417. The third-order valence-electron chi connectivity index (χ3n) is 2.21. The van der Waals surface area contributed by atoms with Crippen LogP contribution < -0.4 is 10.2 Å². The molecule has 0 unspecified atom stereocenters. The molecule has 1 rings (SSSR count). The fourth-order valence-electron chi connectivity index (χ4n) is 1.52. The second kappa shape index (κ2) is 6.81. The summed E-state index contributed by atoms with van der Waals surface area (Å²) in [5.74, 6) is -0.681. The minimum absolute atomic E-state index is 0.406. The van der Waals surface area contributed by atoms with Crippen molar-refractivity contribution >= 4 is 28.9 Å². The first-order valence-electron chi connectivity index (χ1n) is 5.61. The maximum absolute atomic E-state index is 11.9. The van der Waals surface area contributed by atoms with Gasteiger partial charge in [-0.05, 0) is 12.1 Å². The van der Waals surface area contributed by atoms with Crippen LogP contribution in [0.5, 0.6) is 0 Å². The van der Waals surface area contributed by atoms with Crippen LogP contribution >= 0.6 is 11.6 Å². The Bertz CT molecular complexity index is 478. The van der Waals surface area contributed by atoms with Gasteiger partial charge < -0.3 is 15.0 Å². The van der Waals surface area contributed by atoms with Crippen molar-refractivity contribution in [3.63, 3.8) is 0 Å². The molecule has 0 aliphatic heterocycles. The summed E-state index contributed by atoms with van der Waals surface area (Å²) in [6.07, 6.45) is -4.45. The molecule has 0 bridgehead atoms. The van der Waals surface area contributed by atoms with Crippen molar-refractivity contribution in [1.82, 2.24) is 0 Å². The summed E-state index contributed by atoms with van der Waals surface area (Å²) in [6, 6.07) is 4.87. The third-order valence-corrected chi connectivity index (χ3v) is 2.51. The predicted molar refractivity (Wildman–Crippen MR) is 71.3 cm³/mol. The van der Waals surface area contributed by atoms with Crippen molar-refractivity contribution in [3.8, 4) is 0 Å². The summed E-state index contributed by atoms with van der Waals surface area (Å²) in [6.45, 7) is -2.14. The van der Waals surface area contributed by atoms with Gasteiger partial charge in [0.15, 0.2) is 0 Å². The summed E-state index contributed by atoms with van der Waals surface area (Å²) in [4.78, 5) is 13.2. The topological polar surface area (TPSA) is 41.6 Å². The molecule has 0 aliphatic rings. The molecular formula is C12H14ClF3N2O2. The van der Waals surface area contributed by atoms with Crippen LogP contribution in [0.25, 0.3) is 0 Å². The van der Waals surface area contributed by atoms with E-state index in [-0.39, 0.29) is 0 Å². The normalized spacial score (nSPS) is 11.3. The summed E-state index contributed by atoms with van der Waals surface area (Å²) in [5.41, 5.74) is 0.974. The van der Waals surface area contributed by atoms with Crippen molar-refractivity contribution in [2.45, 2.75) is 6.18 Å². The van der Waals surface area contributed by atoms with Gasteiger partial charge in [0.25, 0.3) is 0 Å². The number of nitrogens with zero attached hydrogens (tertiary/aromatic N) is 1. The Morgan fingerprint density at radius 3 is 2.60 bits per heavy atom. The van der Waals surface area contributed by atoms with Crippen LogP contribution in [0.4, 0.5) is 24.5 Å². The van der Waals surface area contributed by atoms with Crippen molar-refractivity contribution in [2.75, 3.05) is 37.5 Å². The molecule has 0 saturated carbocycles. The van der Waals surface area contributed by atoms with E-state index >= 15 is 0 Å². The molecule has 0 spiro atoms. The van der Waals surface area contributed by atoms with E-state index in [9.17, 15) is 18.0 Å². The minimum Gasteiger partial charge on any atom is -0.375 e. The molecule has 0 aromatic heterocycles. The Labute approximate surface area is 119 Å².